The number of carbonyl (C=O) groups is 2. The quantitative estimate of drug-likeness (QED) is 0.673. The van der Waals surface area contributed by atoms with Gasteiger partial charge in [-0.15, -0.1) is 5.10 Å². The molecule has 0 fully saturated rings. The second-order valence-corrected chi connectivity index (χ2v) is 3.21. The van der Waals surface area contributed by atoms with Crippen molar-refractivity contribution in [2.24, 2.45) is 0 Å². The Labute approximate surface area is 97.6 Å². The molecule has 0 saturated heterocycles. The Balaban J connectivity index is 2.88. The van der Waals surface area contributed by atoms with Crippen LogP contribution >= 0.6 is 0 Å². The van der Waals surface area contributed by atoms with E-state index in [2.05, 4.69) is 10.1 Å². The molecule has 1 aromatic rings. The maximum Gasteiger partial charge on any atom is 0.406 e. The molecule has 11 heteroatoms. The van der Waals surface area contributed by atoms with Gasteiger partial charge in [-0.25, -0.2) is 0 Å². The zero-order valence-corrected chi connectivity index (χ0v) is 8.73. The fourth-order valence-electron chi connectivity index (χ4n) is 1.10. The first-order chi connectivity index (χ1) is 8.19. The van der Waals surface area contributed by atoms with Crippen LogP contribution in [0, 0.1) is 0 Å². The lowest BCUT2D eigenvalue weighted by Gasteiger charge is -2.20. The van der Waals surface area contributed by atoms with E-state index in [1.807, 2.05) is 5.10 Å². The zero-order valence-electron chi connectivity index (χ0n) is 8.73. The molecule has 0 aliphatic heterocycles. The van der Waals surface area contributed by atoms with Crippen LogP contribution in [-0.2, 0) is 4.79 Å². The van der Waals surface area contributed by atoms with E-state index in [0.717, 1.165) is 0 Å². The molecule has 1 amide bonds. The number of hydrogen-bond acceptors (Lipinski definition) is 5. The number of nitrogens with two attached hydrogens (primary N) is 1. The van der Waals surface area contributed by atoms with Gasteiger partial charge in [-0.2, -0.15) is 18.2 Å². The highest BCUT2D eigenvalue weighted by Crippen LogP contribution is 2.17. The number of H-pyrrole nitrogens is 1. The number of hydrogen-bond donors (Lipinski definition) is 3. The van der Waals surface area contributed by atoms with Gasteiger partial charge < -0.3 is 15.7 Å². The molecule has 0 aliphatic carbocycles. The molecule has 0 spiro atoms. The van der Waals surface area contributed by atoms with E-state index in [-0.39, 0.29) is 10.8 Å². The fraction of sp³-hybridized carbons (Fsp3) is 0.429. The number of nitrogens with one attached hydrogen (secondary N) is 1. The van der Waals surface area contributed by atoms with Crippen molar-refractivity contribution in [3.8, 4) is 0 Å². The largest absolute Gasteiger partial charge is 0.480 e. The summed E-state index contributed by atoms with van der Waals surface area (Å²) in [4.78, 5) is 25.3. The number of carboxylic acids is 1. The Kier molecular flexibility index (Phi) is 3.73. The monoisotopic (exact) mass is 267 g/mol. The number of amides is 1. The van der Waals surface area contributed by atoms with Crippen LogP contribution in [0.25, 0.3) is 0 Å². The summed E-state index contributed by atoms with van der Waals surface area (Å²) in [5.41, 5.74) is 5.08. The van der Waals surface area contributed by atoms with Crippen LogP contribution in [0.1, 0.15) is 10.6 Å². The van der Waals surface area contributed by atoms with Crippen molar-refractivity contribution < 1.29 is 27.9 Å². The van der Waals surface area contributed by atoms with Gasteiger partial charge in [0.15, 0.2) is 0 Å². The number of aliphatic carboxylic acids is 1. The molecule has 1 aromatic heterocycles. The molecule has 0 radical (unpaired) electrons. The third-order valence-electron chi connectivity index (χ3n) is 1.69. The summed E-state index contributed by atoms with van der Waals surface area (Å²) in [6.07, 6.45) is -4.73. The minimum Gasteiger partial charge on any atom is -0.480 e. The van der Waals surface area contributed by atoms with Crippen molar-refractivity contribution in [2.45, 2.75) is 6.18 Å². The van der Waals surface area contributed by atoms with E-state index in [1.54, 1.807) is 0 Å². The number of rotatable bonds is 4. The molecule has 0 unspecified atom stereocenters. The second kappa shape index (κ2) is 4.89. The van der Waals surface area contributed by atoms with Crippen molar-refractivity contribution >= 4 is 17.8 Å². The summed E-state index contributed by atoms with van der Waals surface area (Å²) in [5, 5.41) is 13.7. The number of alkyl halides is 3. The number of carboxylic acid groups (broad SMARTS) is 1. The molecule has 1 heterocycles. The standard InChI is InChI=1S/C7H8F3N5O3/c8-7(9,10)2-15(1-3(16)17)5(18)4-12-6(11)14-13-4/h1-2H2,(H,16,17)(H3,11,12,13,14). The Morgan fingerprint density at radius 2 is 2.06 bits per heavy atom. The van der Waals surface area contributed by atoms with Crippen molar-refractivity contribution in [3.05, 3.63) is 5.82 Å². The minimum atomic E-state index is -4.73. The van der Waals surface area contributed by atoms with Crippen LogP contribution in [0.15, 0.2) is 0 Å². The third-order valence-corrected chi connectivity index (χ3v) is 1.69. The van der Waals surface area contributed by atoms with E-state index < -0.39 is 37.0 Å². The van der Waals surface area contributed by atoms with Crippen LogP contribution in [0.4, 0.5) is 19.1 Å². The molecule has 0 aromatic carbocycles. The maximum atomic E-state index is 12.2. The van der Waals surface area contributed by atoms with Gasteiger partial charge in [-0.1, -0.05) is 0 Å². The Bertz CT molecular complexity index is 457. The van der Waals surface area contributed by atoms with E-state index in [0.29, 0.717) is 0 Å². The smallest absolute Gasteiger partial charge is 0.406 e. The number of nitrogen functional groups attached to an aromatic ring is 1. The number of nitrogens with zero attached hydrogens (tertiary/aromatic N) is 3. The maximum absolute atomic E-state index is 12.2. The minimum absolute atomic E-state index is 0.0717. The number of aromatic amines is 1. The summed E-state index contributed by atoms with van der Waals surface area (Å²) < 4.78 is 36.5. The number of aromatic nitrogens is 3. The molecule has 18 heavy (non-hydrogen) atoms. The lowest BCUT2D eigenvalue weighted by molar-refractivity contribution is -0.149. The van der Waals surface area contributed by atoms with Crippen LogP contribution in [0.3, 0.4) is 0 Å². The number of carbonyl (C=O) groups excluding carboxylic acids is 1. The van der Waals surface area contributed by atoms with Gasteiger partial charge in [0.25, 0.3) is 5.91 Å². The molecule has 100 valence electrons. The predicted molar refractivity (Wildman–Crippen MR) is 50.4 cm³/mol. The van der Waals surface area contributed by atoms with Gasteiger partial charge in [0.2, 0.25) is 11.8 Å². The van der Waals surface area contributed by atoms with Gasteiger partial charge in [-0.3, -0.25) is 14.7 Å². The van der Waals surface area contributed by atoms with Crippen LogP contribution < -0.4 is 5.73 Å². The molecule has 0 atom stereocenters. The summed E-state index contributed by atoms with van der Waals surface area (Å²) in [6.45, 7) is -2.82. The number of anilines is 1. The average molecular weight is 267 g/mol. The van der Waals surface area contributed by atoms with E-state index >= 15 is 0 Å². The van der Waals surface area contributed by atoms with Crippen LogP contribution in [0.5, 0.6) is 0 Å². The zero-order chi connectivity index (χ0) is 13.9. The SMILES string of the molecule is Nc1n[nH]c(C(=O)N(CC(=O)O)CC(F)(F)F)n1. The molecule has 0 aliphatic rings. The average Bonchev–Trinajstić information content (AvgIpc) is 2.59. The molecule has 0 bridgehead atoms. The fourth-order valence-corrected chi connectivity index (χ4v) is 1.10. The highest BCUT2D eigenvalue weighted by atomic mass is 19.4. The van der Waals surface area contributed by atoms with Crippen molar-refractivity contribution in [3.63, 3.8) is 0 Å². The van der Waals surface area contributed by atoms with E-state index in [9.17, 15) is 22.8 Å². The van der Waals surface area contributed by atoms with Crippen molar-refractivity contribution in [1.29, 1.82) is 0 Å². The molecule has 8 nitrogen and oxygen atoms in total. The lowest BCUT2D eigenvalue weighted by Crippen LogP contribution is -2.42. The first kappa shape index (κ1) is 13.7. The normalized spacial score (nSPS) is 11.3. The molecule has 1 rings (SSSR count). The van der Waals surface area contributed by atoms with Gasteiger partial charge in [0.05, 0.1) is 0 Å². The van der Waals surface area contributed by atoms with E-state index in [1.165, 1.54) is 0 Å². The molecular weight excluding hydrogens is 259 g/mol. The van der Waals surface area contributed by atoms with Crippen molar-refractivity contribution in [2.75, 3.05) is 18.8 Å². The Hall–Kier alpha value is -2.33. The summed E-state index contributed by atoms with van der Waals surface area (Å²) in [5.74, 6) is -3.72. The molecule has 0 saturated carbocycles. The second-order valence-electron chi connectivity index (χ2n) is 3.21. The highest BCUT2D eigenvalue weighted by Gasteiger charge is 2.35. The summed E-state index contributed by atoms with van der Waals surface area (Å²) in [6, 6.07) is 0. The predicted octanol–water partition coefficient (Wildman–Crippen LogP) is -0.524. The van der Waals surface area contributed by atoms with Gasteiger partial charge in [-0.05, 0) is 0 Å². The lowest BCUT2D eigenvalue weighted by atomic mass is 10.4. The highest BCUT2D eigenvalue weighted by molar-refractivity contribution is 5.92. The Morgan fingerprint density at radius 3 is 2.44 bits per heavy atom. The topological polar surface area (TPSA) is 125 Å². The molecule has 4 N–H and O–H groups in total. The first-order valence-electron chi connectivity index (χ1n) is 4.45. The van der Waals surface area contributed by atoms with E-state index in [4.69, 9.17) is 10.8 Å². The molecular formula is C7H8F3N5O3. The first-order valence-corrected chi connectivity index (χ1v) is 4.45. The van der Waals surface area contributed by atoms with Gasteiger partial charge in [0.1, 0.15) is 13.1 Å². The number of halogens is 3. The van der Waals surface area contributed by atoms with Crippen molar-refractivity contribution in [1.82, 2.24) is 20.1 Å². The van der Waals surface area contributed by atoms with Gasteiger partial charge >= 0.3 is 12.1 Å². The van der Waals surface area contributed by atoms with Crippen LogP contribution in [-0.4, -0.2) is 56.3 Å². The van der Waals surface area contributed by atoms with Gasteiger partial charge in [0, 0.05) is 0 Å². The summed E-state index contributed by atoms with van der Waals surface area (Å²) >= 11 is 0. The van der Waals surface area contributed by atoms with Crippen LogP contribution in [0.2, 0.25) is 0 Å². The summed E-state index contributed by atoms with van der Waals surface area (Å²) in [7, 11) is 0. The third kappa shape index (κ3) is 3.92. The Morgan fingerprint density at radius 1 is 1.44 bits per heavy atom.